The Morgan fingerprint density at radius 2 is 1.50 bits per heavy atom. The molecule has 0 aromatic heterocycles. The van der Waals surface area contributed by atoms with Crippen LogP contribution >= 0.6 is 0 Å². The summed E-state index contributed by atoms with van der Waals surface area (Å²) in [6, 6.07) is 0. The second-order valence-corrected chi connectivity index (χ2v) is 2.94. The summed E-state index contributed by atoms with van der Waals surface area (Å²) in [4.78, 5) is 10.4. The highest BCUT2D eigenvalue weighted by molar-refractivity contribution is 5.95. The summed E-state index contributed by atoms with van der Waals surface area (Å²) in [5.74, 6) is -0.651. The van der Waals surface area contributed by atoms with Crippen LogP contribution in [0.25, 0.3) is 0 Å². The molecule has 0 saturated carbocycles. The van der Waals surface area contributed by atoms with Crippen molar-refractivity contribution in [3.63, 3.8) is 0 Å². The van der Waals surface area contributed by atoms with Gasteiger partial charge in [-0.25, -0.2) is 0 Å². The predicted molar refractivity (Wildman–Crippen MR) is 60.0 cm³/mol. The fourth-order valence-corrected chi connectivity index (χ4v) is 0.371. The SMILES string of the molecule is C=C(C(N)=O)/C(N)=C(/C)N.CCCC. The number of amides is 1. The average Bonchev–Trinajstić information content (AvgIpc) is 2.15. The molecule has 0 spiro atoms. The summed E-state index contributed by atoms with van der Waals surface area (Å²) in [5, 5.41) is 0. The van der Waals surface area contributed by atoms with E-state index in [0.29, 0.717) is 5.70 Å². The Kier molecular flexibility index (Phi) is 8.77. The van der Waals surface area contributed by atoms with Crippen LogP contribution in [0.5, 0.6) is 0 Å². The van der Waals surface area contributed by atoms with Crippen LogP contribution in [0.15, 0.2) is 23.5 Å². The fraction of sp³-hybridized carbons (Fsp3) is 0.500. The zero-order chi connectivity index (χ0) is 11.7. The second kappa shape index (κ2) is 8.16. The minimum Gasteiger partial charge on any atom is -0.401 e. The lowest BCUT2D eigenvalue weighted by Crippen LogP contribution is -2.20. The maximum absolute atomic E-state index is 10.4. The molecule has 0 unspecified atom stereocenters. The highest BCUT2D eigenvalue weighted by Gasteiger charge is 2.05. The first-order valence-corrected chi connectivity index (χ1v) is 4.59. The molecule has 0 rings (SSSR count). The van der Waals surface area contributed by atoms with E-state index in [2.05, 4.69) is 20.4 Å². The first-order chi connectivity index (χ1) is 6.38. The molecule has 0 aliphatic carbocycles. The van der Waals surface area contributed by atoms with Gasteiger partial charge in [-0.2, -0.15) is 0 Å². The van der Waals surface area contributed by atoms with Gasteiger partial charge in [0.25, 0.3) is 0 Å². The Morgan fingerprint density at radius 1 is 1.14 bits per heavy atom. The number of rotatable bonds is 3. The number of hydrogen-bond donors (Lipinski definition) is 3. The van der Waals surface area contributed by atoms with Crippen LogP contribution in [0.3, 0.4) is 0 Å². The molecule has 82 valence electrons. The summed E-state index contributed by atoms with van der Waals surface area (Å²) >= 11 is 0. The fourth-order valence-electron chi connectivity index (χ4n) is 0.371. The normalized spacial score (nSPS) is 10.8. The van der Waals surface area contributed by atoms with E-state index in [0.717, 1.165) is 0 Å². The lowest BCUT2D eigenvalue weighted by atomic mass is 10.2. The minimum atomic E-state index is -0.651. The molecule has 0 aromatic rings. The van der Waals surface area contributed by atoms with Crippen molar-refractivity contribution in [1.29, 1.82) is 0 Å². The van der Waals surface area contributed by atoms with Crippen molar-refractivity contribution in [3.8, 4) is 0 Å². The maximum atomic E-state index is 10.4. The molecule has 0 bridgehead atoms. The summed E-state index contributed by atoms with van der Waals surface area (Å²) in [6.07, 6.45) is 2.64. The number of unbranched alkanes of at least 4 members (excludes halogenated alkanes) is 1. The van der Waals surface area contributed by atoms with Crippen LogP contribution in [0, 0.1) is 0 Å². The quantitative estimate of drug-likeness (QED) is 0.467. The van der Waals surface area contributed by atoms with E-state index in [4.69, 9.17) is 17.2 Å². The van der Waals surface area contributed by atoms with Crippen LogP contribution in [0.4, 0.5) is 0 Å². The highest BCUT2D eigenvalue weighted by Crippen LogP contribution is 2.01. The number of allylic oxidation sites excluding steroid dienone is 1. The molecule has 0 aliphatic rings. The van der Waals surface area contributed by atoms with Crippen LogP contribution in [-0.2, 0) is 4.79 Å². The number of primary amides is 1. The van der Waals surface area contributed by atoms with Gasteiger partial charge in [-0.05, 0) is 6.92 Å². The number of hydrogen-bond acceptors (Lipinski definition) is 3. The van der Waals surface area contributed by atoms with E-state index >= 15 is 0 Å². The molecule has 0 heterocycles. The van der Waals surface area contributed by atoms with E-state index in [1.54, 1.807) is 6.92 Å². The molecule has 6 N–H and O–H groups in total. The van der Waals surface area contributed by atoms with Gasteiger partial charge in [0.2, 0.25) is 5.91 Å². The zero-order valence-electron chi connectivity index (χ0n) is 9.26. The molecule has 0 aliphatic heterocycles. The zero-order valence-corrected chi connectivity index (χ0v) is 9.26. The van der Waals surface area contributed by atoms with Crippen molar-refractivity contribution in [3.05, 3.63) is 23.5 Å². The van der Waals surface area contributed by atoms with Gasteiger partial charge in [-0.15, -0.1) is 0 Å². The highest BCUT2D eigenvalue weighted by atomic mass is 16.1. The summed E-state index contributed by atoms with van der Waals surface area (Å²) < 4.78 is 0. The second-order valence-electron chi connectivity index (χ2n) is 2.94. The van der Waals surface area contributed by atoms with E-state index in [1.165, 1.54) is 12.8 Å². The minimum absolute atomic E-state index is 0.0556. The smallest absolute Gasteiger partial charge is 0.250 e. The molecule has 0 atom stereocenters. The summed E-state index contributed by atoms with van der Waals surface area (Å²) in [6.45, 7) is 9.27. The van der Waals surface area contributed by atoms with Gasteiger partial charge < -0.3 is 17.2 Å². The third-order valence-electron chi connectivity index (χ3n) is 1.55. The van der Waals surface area contributed by atoms with E-state index < -0.39 is 5.91 Å². The molecule has 14 heavy (non-hydrogen) atoms. The predicted octanol–water partition coefficient (Wildman–Crippen LogP) is 0.983. The van der Waals surface area contributed by atoms with Crippen LogP contribution in [0.1, 0.15) is 33.6 Å². The first kappa shape index (κ1) is 15.0. The topological polar surface area (TPSA) is 95.1 Å². The monoisotopic (exact) mass is 199 g/mol. The van der Waals surface area contributed by atoms with E-state index in [1.807, 2.05) is 0 Å². The van der Waals surface area contributed by atoms with Gasteiger partial charge >= 0.3 is 0 Å². The van der Waals surface area contributed by atoms with Crippen molar-refractivity contribution < 1.29 is 4.79 Å². The molecule has 1 amide bonds. The summed E-state index contributed by atoms with van der Waals surface area (Å²) in [7, 11) is 0. The molecule has 4 heteroatoms. The van der Waals surface area contributed by atoms with Gasteiger partial charge in [0.05, 0.1) is 11.3 Å². The van der Waals surface area contributed by atoms with E-state index in [9.17, 15) is 4.79 Å². The van der Waals surface area contributed by atoms with Crippen LogP contribution < -0.4 is 17.2 Å². The van der Waals surface area contributed by atoms with Crippen LogP contribution in [-0.4, -0.2) is 5.91 Å². The van der Waals surface area contributed by atoms with Gasteiger partial charge in [0, 0.05) is 5.70 Å². The molecule has 4 nitrogen and oxygen atoms in total. The Bertz CT molecular complexity index is 226. The number of carbonyl (C=O) groups excluding carboxylic acids is 1. The largest absolute Gasteiger partial charge is 0.401 e. The number of carbonyl (C=O) groups is 1. The average molecular weight is 199 g/mol. The van der Waals surface area contributed by atoms with Gasteiger partial charge in [0.15, 0.2) is 0 Å². The van der Waals surface area contributed by atoms with Crippen molar-refractivity contribution in [2.75, 3.05) is 0 Å². The molecule has 0 saturated heterocycles. The Labute approximate surface area is 85.8 Å². The lowest BCUT2D eigenvalue weighted by molar-refractivity contribution is -0.114. The third-order valence-corrected chi connectivity index (χ3v) is 1.55. The van der Waals surface area contributed by atoms with Crippen LogP contribution in [0.2, 0.25) is 0 Å². The molecule has 0 radical (unpaired) electrons. The molecule has 0 aromatic carbocycles. The van der Waals surface area contributed by atoms with Crippen molar-refractivity contribution in [1.82, 2.24) is 0 Å². The van der Waals surface area contributed by atoms with E-state index in [-0.39, 0.29) is 11.3 Å². The molecule has 0 fully saturated rings. The van der Waals surface area contributed by atoms with Crippen molar-refractivity contribution >= 4 is 5.91 Å². The Balaban J connectivity index is 0. The van der Waals surface area contributed by atoms with Gasteiger partial charge in [-0.1, -0.05) is 33.3 Å². The van der Waals surface area contributed by atoms with Crippen molar-refractivity contribution in [2.45, 2.75) is 33.6 Å². The van der Waals surface area contributed by atoms with Crippen molar-refractivity contribution in [2.24, 2.45) is 17.2 Å². The lowest BCUT2D eigenvalue weighted by Gasteiger charge is -2.02. The third kappa shape index (κ3) is 7.21. The maximum Gasteiger partial charge on any atom is 0.250 e. The molecular formula is C10H21N3O. The van der Waals surface area contributed by atoms with Gasteiger partial charge in [-0.3, -0.25) is 4.79 Å². The standard InChI is InChI=1S/C6H11N3O.C4H10/c1-3(6(9)10)5(8)4(2)7;1-3-4-2/h1,7-8H2,2H3,(H2,9,10);3-4H2,1-2H3/b5-4+;. The Hall–Kier alpha value is -1.45. The first-order valence-electron chi connectivity index (χ1n) is 4.59. The summed E-state index contributed by atoms with van der Waals surface area (Å²) in [5.41, 5.74) is 16.0. The number of nitrogens with two attached hydrogens (primary N) is 3. The molecular weight excluding hydrogens is 178 g/mol. The van der Waals surface area contributed by atoms with Gasteiger partial charge in [0.1, 0.15) is 0 Å². The Morgan fingerprint density at radius 3 is 1.57 bits per heavy atom.